The van der Waals surface area contributed by atoms with Gasteiger partial charge in [0, 0.05) is 25.0 Å². The molecule has 0 aliphatic heterocycles. The van der Waals surface area contributed by atoms with E-state index < -0.39 is 0 Å². The van der Waals surface area contributed by atoms with Crippen LogP contribution in [0.2, 0.25) is 0 Å². The van der Waals surface area contributed by atoms with Crippen molar-refractivity contribution in [3.63, 3.8) is 0 Å². The van der Waals surface area contributed by atoms with Crippen LogP contribution in [0.5, 0.6) is 0 Å². The van der Waals surface area contributed by atoms with E-state index in [1.54, 1.807) is 0 Å². The molecule has 104 valence electrons. The van der Waals surface area contributed by atoms with Gasteiger partial charge in [0.2, 0.25) is 0 Å². The first-order valence-corrected chi connectivity index (χ1v) is 6.72. The van der Waals surface area contributed by atoms with E-state index in [1.807, 2.05) is 19.1 Å². The van der Waals surface area contributed by atoms with E-state index in [-0.39, 0.29) is 5.97 Å². The molecule has 0 aromatic heterocycles. The molecule has 1 aliphatic rings. The predicted molar refractivity (Wildman–Crippen MR) is 77.5 cm³/mol. The van der Waals surface area contributed by atoms with Gasteiger partial charge in [0.15, 0.2) is 0 Å². The lowest BCUT2D eigenvalue weighted by Gasteiger charge is -2.31. The van der Waals surface area contributed by atoms with E-state index in [2.05, 4.69) is 11.9 Å². The molecule has 0 spiro atoms. The lowest BCUT2D eigenvalue weighted by atomic mass is 9.85. The largest absolute Gasteiger partial charge is 0.465 e. The molecule has 0 saturated heterocycles. The number of carbonyl (C=O) groups is 1. The first-order valence-electron chi connectivity index (χ1n) is 6.72. The molecule has 2 rings (SSSR count). The van der Waals surface area contributed by atoms with Crippen LogP contribution >= 0.6 is 0 Å². The maximum atomic E-state index is 11.7. The zero-order valence-electron chi connectivity index (χ0n) is 11.9. The van der Waals surface area contributed by atoms with Crippen LogP contribution in [0, 0.1) is 12.8 Å². The molecule has 1 aliphatic carbocycles. The maximum absolute atomic E-state index is 11.7. The summed E-state index contributed by atoms with van der Waals surface area (Å²) in [5, 5.41) is 0. The van der Waals surface area contributed by atoms with Gasteiger partial charge in [-0.3, -0.25) is 0 Å². The van der Waals surface area contributed by atoms with Crippen LogP contribution in [0.3, 0.4) is 0 Å². The Morgan fingerprint density at radius 3 is 2.68 bits per heavy atom. The number of aryl methyl sites for hydroxylation is 1. The van der Waals surface area contributed by atoms with Crippen molar-refractivity contribution >= 4 is 17.3 Å². The van der Waals surface area contributed by atoms with Gasteiger partial charge in [0.05, 0.1) is 12.7 Å². The Hall–Kier alpha value is -1.71. The molecule has 0 radical (unpaired) electrons. The summed E-state index contributed by atoms with van der Waals surface area (Å²) >= 11 is 0. The van der Waals surface area contributed by atoms with Gasteiger partial charge in [0.25, 0.3) is 0 Å². The Morgan fingerprint density at radius 1 is 1.47 bits per heavy atom. The summed E-state index contributed by atoms with van der Waals surface area (Å²) in [4.78, 5) is 13.9. The number of hydrogen-bond acceptors (Lipinski definition) is 4. The fourth-order valence-electron chi connectivity index (χ4n) is 2.45. The monoisotopic (exact) mass is 262 g/mol. The Morgan fingerprint density at radius 2 is 2.16 bits per heavy atom. The zero-order chi connectivity index (χ0) is 14.0. The molecule has 0 atom stereocenters. The minimum absolute atomic E-state index is 0.375. The second-order valence-corrected chi connectivity index (χ2v) is 5.39. The molecule has 1 aromatic rings. The number of nitrogen functional groups attached to an aromatic ring is 1. The van der Waals surface area contributed by atoms with Crippen LogP contribution in [0.15, 0.2) is 12.1 Å². The van der Waals surface area contributed by atoms with E-state index in [9.17, 15) is 4.79 Å². The minimum atomic E-state index is -0.375. The maximum Gasteiger partial charge on any atom is 0.340 e. The molecule has 1 aromatic carbocycles. The number of esters is 1. The molecule has 1 saturated carbocycles. The highest BCUT2D eigenvalue weighted by molar-refractivity contribution is 5.97. The second-order valence-electron chi connectivity index (χ2n) is 5.39. The highest BCUT2D eigenvalue weighted by Gasteiger charge is 2.21. The number of anilines is 2. The molecule has 0 heterocycles. The molecular formula is C15H22N2O2. The van der Waals surface area contributed by atoms with E-state index in [1.165, 1.54) is 26.4 Å². The molecule has 1 fully saturated rings. The summed E-state index contributed by atoms with van der Waals surface area (Å²) in [5.74, 6) is 0.406. The normalized spacial score (nSPS) is 14.9. The van der Waals surface area contributed by atoms with Gasteiger partial charge in [0.1, 0.15) is 0 Å². The molecule has 19 heavy (non-hydrogen) atoms. The lowest BCUT2D eigenvalue weighted by molar-refractivity contribution is 0.0602. The molecule has 0 amide bonds. The lowest BCUT2D eigenvalue weighted by Crippen LogP contribution is -2.29. The first kappa shape index (κ1) is 13.7. The average molecular weight is 262 g/mol. The third kappa shape index (κ3) is 2.83. The number of methoxy groups -OCH3 is 1. The van der Waals surface area contributed by atoms with Crippen LogP contribution < -0.4 is 10.6 Å². The van der Waals surface area contributed by atoms with Crippen LogP contribution in [0.25, 0.3) is 0 Å². The third-order valence-corrected chi connectivity index (χ3v) is 3.97. The summed E-state index contributed by atoms with van der Waals surface area (Å²) in [6, 6.07) is 3.85. The summed E-state index contributed by atoms with van der Waals surface area (Å²) in [5.41, 5.74) is 8.85. The van der Waals surface area contributed by atoms with Crippen molar-refractivity contribution in [1.82, 2.24) is 0 Å². The third-order valence-electron chi connectivity index (χ3n) is 3.97. The van der Waals surface area contributed by atoms with Crippen molar-refractivity contribution < 1.29 is 9.53 Å². The molecule has 2 N–H and O–H groups in total. The number of nitrogens with zero attached hydrogens (tertiary/aromatic N) is 1. The number of carbonyl (C=O) groups excluding carboxylic acids is 1. The number of benzene rings is 1. The van der Waals surface area contributed by atoms with Gasteiger partial charge < -0.3 is 15.4 Å². The standard InChI is InChI=1S/C15H22N2O2/c1-10-7-12(17(2)9-11-5-4-6-11)8-13(14(10)16)15(18)19-3/h7-8,11H,4-6,9,16H2,1-3H3. The van der Waals surface area contributed by atoms with Gasteiger partial charge in [-0.1, -0.05) is 6.42 Å². The zero-order valence-corrected chi connectivity index (χ0v) is 11.9. The highest BCUT2D eigenvalue weighted by atomic mass is 16.5. The number of rotatable bonds is 4. The Kier molecular flexibility index (Phi) is 3.98. The summed E-state index contributed by atoms with van der Waals surface area (Å²) in [6.45, 7) is 2.95. The number of nitrogens with two attached hydrogens (primary N) is 1. The van der Waals surface area contributed by atoms with Crippen molar-refractivity contribution in [3.8, 4) is 0 Å². The van der Waals surface area contributed by atoms with Crippen LogP contribution in [-0.2, 0) is 4.74 Å². The SMILES string of the molecule is COC(=O)c1cc(N(C)CC2CCC2)cc(C)c1N. The molecule has 4 heteroatoms. The van der Waals surface area contributed by atoms with E-state index in [0.717, 1.165) is 23.7 Å². The van der Waals surface area contributed by atoms with E-state index >= 15 is 0 Å². The summed E-state index contributed by atoms with van der Waals surface area (Å²) < 4.78 is 4.78. The quantitative estimate of drug-likeness (QED) is 0.669. The van der Waals surface area contributed by atoms with E-state index in [0.29, 0.717) is 11.3 Å². The highest BCUT2D eigenvalue weighted by Crippen LogP contribution is 2.30. The minimum Gasteiger partial charge on any atom is -0.465 e. The van der Waals surface area contributed by atoms with Gasteiger partial charge in [-0.25, -0.2) is 4.79 Å². The van der Waals surface area contributed by atoms with E-state index in [4.69, 9.17) is 10.5 Å². The van der Waals surface area contributed by atoms with Gasteiger partial charge in [-0.2, -0.15) is 0 Å². The Bertz CT molecular complexity index is 481. The molecule has 4 nitrogen and oxygen atoms in total. The first-order chi connectivity index (χ1) is 9.02. The van der Waals surface area contributed by atoms with Crippen molar-refractivity contribution in [3.05, 3.63) is 23.3 Å². The van der Waals surface area contributed by atoms with Crippen molar-refractivity contribution in [2.75, 3.05) is 31.3 Å². The molecule has 0 bridgehead atoms. The van der Waals surface area contributed by atoms with Crippen LogP contribution in [0.4, 0.5) is 11.4 Å². The fraction of sp³-hybridized carbons (Fsp3) is 0.533. The topological polar surface area (TPSA) is 55.6 Å². The number of ether oxygens (including phenoxy) is 1. The van der Waals surface area contributed by atoms with Crippen molar-refractivity contribution in [2.24, 2.45) is 5.92 Å². The smallest absolute Gasteiger partial charge is 0.340 e. The average Bonchev–Trinajstić information content (AvgIpc) is 2.35. The van der Waals surface area contributed by atoms with Gasteiger partial charge >= 0.3 is 5.97 Å². The molecular weight excluding hydrogens is 240 g/mol. The Balaban J connectivity index is 2.24. The predicted octanol–water partition coefficient (Wildman–Crippen LogP) is 2.60. The summed E-state index contributed by atoms with van der Waals surface area (Å²) in [7, 11) is 3.44. The van der Waals surface area contributed by atoms with Crippen molar-refractivity contribution in [2.45, 2.75) is 26.2 Å². The van der Waals surface area contributed by atoms with Gasteiger partial charge in [-0.05, 0) is 43.4 Å². The molecule has 0 unspecified atom stereocenters. The summed E-state index contributed by atoms with van der Waals surface area (Å²) in [6.07, 6.45) is 3.96. The second kappa shape index (κ2) is 5.51. The Labute approximate surface area is 114 Å². The fourth-order valence-corrected chi connectivity index (χ4v) is 2.45. The van der Waals surface area contributed by atoms with Crippen LogP contribution in [-0.4, -0.2) is 26.7 Å². The number of hydrogen-bond donors (Lipinski definition) is 1. The van der Waals surface area contributed by atoms with Crippen molar-refractivity contribution in [1.29, 1.82) is 0 Å². The van der Waals surface area contributed by atoms with Crippen LogP contribution in [0.1, 0.15) is 35.2 Å². The van der Waals surface area contributed by atoms with Gasteiger partial charge in [-0.15, -0.1) is 0 Å².